The fraction of sp³-hybridized carbons (Fsp3) is 0.444. The second kappa shape index (κ2) is 7.92. The fourth-order valence-electron chi connectivity index (χ4n) is 2.88. The highest BCUT2D eigenvalue weighted by Crippen LogP contribution is 2.16. The molecule has 23 heavy (non-hydrogen) atoms. The number of rotatable bonds is 7. The number of amides is 1. The molecule has 1 atom stereocenters. The minimum absolute atomic E-state index is 0.0977. The van der Waals surface area contributed by atoms with Gasteiger partial charge in [0.05, 0.1) is 12.4 Å². The van der Waals surface area contributed by atoms with Gasteiger partial charge in [-0.3, -0.25) is 4.79 Å². The van der Waals surface area contributed by atoms with Crippen LogP contribution in [0.4, 0.5) is 0 Å². The number of ether oxygens (including phenoxy) is 1. The summed E-state index contributed by atoms with van der Waals surface area (Å²) in [5, 5.41) is 3.00. The van der Waals surface area contributed by atoms with E-state index in [1.165, 1.54) is 5.56 Å². The van der Waals surface area contributed by atoms with Crippen molar-refractivity contribution in [1.29, 1.82) is 0 Å². The van der Waals surface area contributed by atoms with E-state index in [1.807, 2.05) is 22.9 Å². The molecule has 2 aromatic rings. The van der Waals surface area contributed by atoms with Gasteiger partial charge < -0.3 is 14.6 Å². The number of nitrogens with zero attached hydrogens (tertiary/aromatic N) is 2. The summed E-state index contributed by atoms with van der Waals surface area (Å²) in [5.41, 5.74) is 2.32. The minimum Gasteiger partial charge on any atom is -0.378 e. The summed E-state index contributed by atoms with van der Waals surface area (Å²) >= 11 is 0. The Morgan fingerprint density at radius 2 is 2.30 bits per heavy atom. The summed E-state index contributed by atoms with van der Waals surface area (Å²) in [6.07, 6.45) is 9.38. The lowest BCUT2D eigenvalue weighted by Gasteiger charge is -2.10. The second-order valence-corrected chi connectivity index (χ2v) is 6.01. The molecule has 1 aliphatic heterocycles. The van der Waals surface area contributed by atoms with Crippen LogP contribution in [0, 0.1) is 0 Å². The van der Waals surface area contributed by atoms with Crippen LogP contribution in [0.15, 0.2) is 43.0 Å². The van der Waals surface area contributed by atoms with Gasteiger partial charge >= 0.3 is 0 Å². The third kappa shape index (κ3) is 4.93. The minimum atomic E-state index is 0.0977. The maximum atomic E-state index is 11.9. The number of carbonyl (C=O) groups excluding carboxylic acids is 1. The normalized spacial score (nSPS) is 17.3. The summed E-state index contributed by atoms with van der Waals surface area (Å²) < 4.78 is 7.57. The quantitative estimate of drug-likeness (QED) is 0.854. The molecule has 1 amide bonds. The van der Waals surface area contributed by atoms with Crippen molar-refractivity contribution in [2.45, 2.75) is 44.9 Å². The molecular weight excluding hydrogens is 290 g/mol. The van der Waals surface area contributed by atoms with Gasteiger partial charge in [0.15, 0.2) is 0 Å². The van der Waals surface area contributed by atoms with E-state index in [4.69, 9.17) is 4.74 Å². The summed E-state index contributed by atoms with van der Waals surface area (Å²) in [5.74, 6) is 0.0977. The first-order valence-electron chi connectivity index (χ1n) is 8.21. The highest BCUT2D eigenvalue weighted by Gasteiger charge is 2.16. The Morgan fingerprint density at radius 3 is 3.09 bits per heavy atom. The van der Waals surface area contributed by atoms with Crippen LogP contribution in [0.25, 0.3) is 0 Å². The van der Waals surface area contributed by atoms with Crippen molar-refractivity contribution in [1.82, 2.24) is 14.9 Å². The van der Waals surface area contributed by atoms with Crippen molar-refractivity contribution in [3.63, 3.8) is 0 Å². The maximum Gasteiger partial charge on any atom is 0.220 e. The topological polar surface area (TPSA) is 56.1 Å². The molecule has 3 rings (SSSR count). The zero-order valence-electron chi connectivity index (χ0n) is 13.3. The zero-order chi connectivity index (χ0) is 15.9. The number of nitrogens with one attached hydrogen (secondary N) is 1. The molecule has 1 saturated heterocycles. The molecule has 0 radical (unpaired) electrons. The van der Waals surface area contributed by atoms with Crippen LogP contribution in [0.2, 0.25) is 0 Å². The molecule has 1 N–H and O–H groups in total. The average molecular weight is 313 g/mol. The lowest BCUT2D eigenvalue weighted by molar-refractivity contribution is -0.121. The first-order chi connectivity index (χ1) is 11.3. The SMILES string of the molecule is O=C(CCC1CCCO1)NCc1cccc(Cn2ccnc2)c1. The van der Waals surface area contributed by atoms with Crippen molar-refractivity contribution >= 4 is 5.91 Å². The number of imidazole rings is 1. The Bertz CT molecular complexity index is 619. The predicted octanol–water partition coefficient (Wildman–Crippen LogP) is 2.51. The molecular formula is C18H23N3O2. The van der Waals surface area contributed by atoms with Crippen LogP contribution in [0.5, 0.6) is 0 Å². The van der Waals surface area contributed by atoms with E-state index in [0.29, 0.717) is 13.0 Å². The van der Waals surface area contributed by atoms with Gasteiger partial charge in [-0.25, -0.2) is 4.98 Å². The van der Waals surface area contributed by atoms with Crippen molar-refractivity contribution in [2.75, 3.05) is 6.61 Å². The van der Waals surface area contributed by atoms with Gasteiger partial charge in [0.2, 0.25) is 5.91 Å². The van der Waals surface area contributed by atoms with Crippen LogP contribution >= 0.6 is 0 Å². The van der Waals surface area contributed by atoms with Crippen LogP contribution in [0.3, 0.4) is 0 Å². The van der Waals surface area contributed by atoms with Crippen LogP contribution < -0.4 is 5.32 Å². The van der Waals surface area contributed by atoms with Gasteiger partial charge in [-0.1, -0.05) is 24.3 Å². The predicted molar refractivity (Wildman–Crippen MR) is 87.8 cm³/mol. The van der Waals surface area contributed by atoms with E-state index in [-0.39, 0.29) is 12.0 Å². The average Bonchev–Trinajstić information content (AvgIpc) is 3.25. The Kier molecular flexibility index (Phi) is 5.42. The Balaban J connectivity index is 1.44. The third-order valence-electron chi connectivity index (χ3n) is 4.12. The van der Waals surface area contributed by atoms with Crippen LogP contribution in [0.1, 0.15) is 36.8 Å². The molecule has 1 aromatic heterocycles. The van der Waals surface area contributed by atoms with Gasteiger partial charge in [-0.2, -0.15) is 0 Å². The van der Waals surface area contributed by atoms with Crippen LogP contribution in [-0.4, -0.2) is 28.2 Å². The first kappa shape index (κ1) is 15.7. The number of benzene rings is 1. The monoisotopic (exact) mass is 313 g/mol. The summed E-state index contributed by atoms with van der Waals surface area (Å²) in [7, 11) is 0. The molecule has 1 aliphatic rings. The third-order valence-corrected chi connectivity index (χ3v) is 4.12. The van der Waals surface area contributed by atoms with E-state index in [2.05, 4.69) is 22.4 Å². The zero-order valence-corrected chi connectivity index (χ0v) is 13.3. The molecule has 5 nitrogen and oxygen atoms in total. The molecule has 0 spiro atoms. The Labute approximate surface area is 136 Å². The summed E-state index contributed by atoms with van der Waals surface area (Å²) in [4.78, 5) is 16.0. The molecule has 1 fully saturated rings. The molecule has 0 aliphatic carbocycles. The van der Waals surface area contributed by atoms with Crippen molar-refractivity contribution in [2.24, 2.45) is 0 Å². The smallest absolute Gasteiger partial charge is 0.220 e. The lowest BCUT2D eigenvalue weighted by Crippen LogP contribution is -2.24. The Morgan fingerprint density at radius 1 is 1.39 bits per heavy atom. The van der Waals surface area contributed by atoms with Gasteiger partial charge in [0.1, 0.15) is 0 Å². The van der Waals surface area contributed by atoms with Crippen molar-refractivity contribution in [3.05, 3.63) is 54.1 Å². The fourth-order valence-corrected chi connectivity index (χ4v) is 2.88. The van der Waals surface area contributed by atoms with E-state index in [1.54, 1.807) is 12.5 Å². The highest BCUT2D eigenvalue weighted by atomic mass is 16.5. The molecule has 5 heteroatoms. The summed E-state index contributed by atoms with van der Waals surface area (Å²) in [6.45, 7) is 2.21. The molecule has 1 aromatic carbocycles. The maximum absolute atomic E-state index is 11.9. The van der Waals surface area contributed by atoms with E-state index in [9.17, 15) is 4.79 Å². The molecule has 2 heterocycles. The molecule has 0 saturated carbocycles. The molecule has 122 valence electrons. The van der Waals surface area contributed by atoms with E-state index in [0.717, 1.165) is 38.0 Å². The standard InChI is InChI=1S/C18H23N3O2/c22-18(7-6-17-5-2-10-23-17)20-12-15-3-1-4-16(11-15)13-21-9-8-19-14-21/h1,3-4,8-9,11,14,17H,2,5-7,10,12-13H2,(H,20,22). The number of carbonyl (C=O) groups is 1. The van der Waals surface area contributed by atoms with E-state index < -0.39 is 0 Å². The molecule has 0 bridgehead atoms. The first-order valence-corrected chi connectivity index (χ1v) is 8.21. The highest BCUT2D eigenvalue weighted by molar-refractivity contribution is 5.75. The van der Waals surface area contributed by atoms with Gasteiger partial charge in [0, 0.05) is 38.5 Å². The van der Waals surface area contributed by atoms with Crippen molar-refractivity contribution in [3.8, 4) is 0 Å². The van der Waals surface area contributed by atoms with Gasteiger partial charge in [0.25, 0.3) is 0 Å². The Hall–Kier alpha value is -2.14. The van der Waals surface area contributed by atoms with E-state index >= 15 is 0 Å². The summed E-state index contributed by atoms with van der Waals surface area (Å²) in [6, 6.07) is 8.28. The van der Waals surface area contributed by atoms with Gasteiger partial charge in [-0.05, 0) is 30.4 Å². The van der Waals surface area contributed by atoms with Gasteiger partial charge in [-0.15, -0.1) is 0 Å². The van der Waals surface area contributed by atoms with Crippen molar-refractivity contribution < 1.29 is 9.53 Å². The number of aromatic nitrogens is 2. The lowest BCUT2D eigenvalue weighted by atomic mass is 10.1. The largest absolute Gasteiger partial charge is 0.378 e. The molecule has 1 unspecified atom stereocenters. The van der Waals surface area contributed by atoms with Crippen LogP contribution in [-0.2, 0) is 22.6 Å². The second-order valence-electron chi connectivity index (χ2n) is 6.01. The number of hydrogen-bond acceptors (Lipinski definition) is 3. The number of hydrogen-bond donors (Lipinski definition) is 1.